The number of imidazole rings is 1. The number of rotatable bonds is 3. The fourth-order valence-corrected chi connectivity index (χ4v) is 3.05. The van der Waals surface area contributed by atoms with Gasteiger partial charge in [-0.1, -0.05) is 11.3 Å². The minimum absolute atomic E-state index is 0.0439. The molecule has 1 amide bonds. The number of piperazine rings is 1. The van der Waals surface area contributed by atoms with E-state index < -0.39 is 0 Å². The van der Waals surface area contributed by atoms with Crippen LogP contribution in [0.4, 0.5) is 0 Å². The maximum Gasteiger partial charge on any atom is 0.276 e. The molecule has 3 aromatic heterocycles. The monoisotopic (exact) mass is 325 g/mol. The van der Waals surface area contributed by atoms with Crippen LogP contribution in [0, 0.1) is 0 Å². The molecule has 0 radical (unpaired) electrons. The smallest absolute Gasteiger partial charge is 0.276 e. The second kappa shape index (κ2) is 6.04. The van der Waals surface area contributed by atoms with Crippen LogP contribution in [0.25, 0.3) is 5.65 Å². The van der Waals surface area contributed by atoms with E-state index in [-0.39, 0.29) is 5.91 Å². The third-order valence-electron chi connectivity index (χ3n) is 4.36. The summed E-state index contributed by atoms with van der Waals surface area (Å²) in [6.07, 6.45) is 5.62. The molecule has 1 fully saturated rings. The Morgan fingerprint density at radius 3 is 2.79 bits per heavy atom. The van der Waals surface area contributed by atoms with Gasteiger partial charge in [0.15, 0.2) is 5.69 Å². The Morgan fingerprint density at radius 2 is 2.04 bits per heavy atom. The predicted molar refractivity (Wildman–Crippen MR) is 87.4 cm³/mol. The normalized spacial score (nSPS) is 16.0. The Bertz CT molecular complexity index is 860. The molecule has 8 nitrogen and oxygen atoms in total. The van der Waals surface area contributed by atoms with E-state index >= 15 is 0 Å². The van der Waals surface area contributed by atoms with Crippen LogP contribution in [0.15, 0.2) is 36.8 Å². The molecule has 1 aliphatic heterocycles. The van der Waals surface area contributed by atoms with Crippen molar-refractivity contribution in [1.82, 2.24) is 34.2 Å². The molecule has 4 rings (SSSR count). The summed E-state index contributed by atoms with van der Waals surface area (Å²) in [5.74, 6) is -0.0439. The molecule has 0 aromatic carbocycles. The molecular weight excluding hydrogens is 306 g/mol. The van der Waals surface area contributed by atoms with Crippen LogP contribution >= 0.6 is 0 Å². The van der Waals surface area contributed by atoms with Crippen molar-refractivity contribution in [3.63, 3.8) is 0 Å². The second-order valence-corrected chi connectivity index (χ2v) is 6.02. The largest absolute Gasteiger partial charge is 0.335 e. The number of aromatic nitrogens is 5. The van der Waals surface area contributed by atoms with Crippen molar-refractivity contribution in [2.75, 3.05) is 26.2 Å². The van der Waals surface area contributed by atoms with Gasteiger partial charge in [-0.05, 0) is 12.1 Å². The topological polar surface area (TPSA) is 71.6 Å². The molecule has 0 atom stereocenters. The standard InChI is InChI=1S/C16H19N7O/c1-20-12-14(18-19-20)16(24)22-8-6-21(7-9-22)11-13-10-17-15-4-2-3-5-23(13)15/h2-5,10,12H,6-9,11H2,1H3. The molecule has 0 saturated carbocycles. The van der Waals surface area contributed by atoms with Gasteiger partial charge < -0.3 is 9.30 Å². The van der Waals surface area contributed by atoms with Crippen molar-refractivity contribution in [3.05, 3.63) is 48.2 Å². The van der Waals surface area contributed by atoms with E-state index in [1.807, 2.05) is 35.5 Å². The first-order valence-electron chi connectivity index (χ1n) is 7.99. The van der Waals surface area contributed by atoms with Crippen LogP contribution in [0.1, 0.15) is 16.2 Å². The van der Waals surface area contributed by atoms with Crippen LogP contribution < -0.4 is 0 Å². The van der Waals surface area contributed by atoms with Crippen molar-refractivity contribution in [2.24, 2.45) is 7.05 Å². The van der Waals surface area contributed by atoms with Crippen molar-refractivity contribution < 1.29 is 4.79 Å². The number of fused-ring (bicyclic) bond motifs is 1. The zero-order chi connectivity index (χ0) is 16.5. The maximum atomic E-state index is 12.4. The quantitative estimate of drug-likeness (QED) is 0.698. The number of hydrogen-bond donors (Lipinski definition) is 0. The molecule has 124 valence electrons. The van der Waals surface area contributed by atoms with E-state index in [9.17, 15) is 4.79 Å². The lowest BCUT2D eigenvalue weighted by Crippen LogP contribution is -2.48. The van der Waals surface area contributed by atoms with E-state index in [1.165, 1.54) is 5.69 Å². The van der Waals surface area contributed by atoms with Gasteiger partial charge in [-0.3, -0.25) is 14.4 Å². The third-order valence-corrected chi connectivity index (χ3v) is 4.36. The van der Waals surface area contributed by atoms with Gasteiger partial charge in [-0.15, -0.1) is 5.10 Å². The van der Waals surface area contributed by atoms with Crippen LogP contribution in [0.2, 0.25) is 0 Å². The Morgan fingerprint density at radius 1 is 1.21 bits per heavy atom. The lowest BCUT2D eigenvalue weighted by Gasteiger charge is -2.34. The van der Waals surface area contributed by atoms with E-state index in [0.29, 0.717) is 18.8 Å². The summed E-state index contributed by atoms with van der Waals surface area (Å²) >= 11 is 0. The number of hydrogen-bond acceptors (Lipinski definition) is 5. The summed E-state index contributed by atoms with van der Waals surface area (Å²) in [4.78, 5) is 21.0. The van der Waals surface area contributed by atoms with Crippen molar-refractivity contribution >= 4 is 11.6 Å². The molecule has 1 saturated heterocycles. The number of carbonyl (C=O) groups excluding carboxylic acids is 1. The summed E-state index contributed by atoms with van der Waals surface area (Å²) in [6, 6.07) is 6.00. The van der Waals surface area contributed by atoms with Gasteiger partial charge in [0.1, 0.15) is 5.65 Å². The minimum Gasteiger partial charge on any atom is -0.335 e. The molecule has 3 aromatic rings. The predicted octanol–water partition coefficient (Wildman–Crippen LogP) is 0.421. The molecule has 0 N–H and O–H groups in total. The minimum atomic E-state index is -0.0439. The lowest BCUT2D eigenvalue weighted by atomic mass is 10.2. The Hall–Kier alpha value is -2.74. The van der Waals surface area contributed by atoms with Gasteiger partial charge in [0.2, 0.25) is 0 Å². The molecule has 0 spiro atoms. The highest BCUT2D eigenvalue weighted by Crippen LogP contribution is 2.12. The average Bonchev–Trinajstić information content (AvgIpc) is 3.22. The van der Waals surface area contributed by atoms with Crippen molar-refractivity contribution in [3.8, 4) is 0 Å². The van der Waals surface area contributed by atoms with E-state index in [0.717, 1.165) is 25.3 Å². The highest BCUT2D eigenvalue weighted by molar-refractivity contribution is 5.92. The van der Waals surface area contributed by atoms with Crippen LogP contribution in [0.3, 0.4) is 0 Å². The van der Waals surface area contributed by atoms with E-state index in [4.69, 9.17) is 0 Å². The Balaban J connectivity index is 1.38. The van der Waals surface area contributed by atoms with E-state index in [2.05, 4.69) is 24.6 Å². The summed E-state index contributed by atoms with van der Waals surface area (Å²) in [6.45, 7) is 3.91. The first kappa shape index (κ1) is 14.8. The second-order valence-electron chi connectivity index (χ2n) is 6.02. The number of pyridine rings is 1. The molecule has 0 unspecified atom stereocenters. The molecular formula is C16H19N7O. The highest BCUT2D eigenvalue weighted by atomic mass is 16.2. The first-order valence-corrected chi connectivity index (χ1v) is 7.99. The van der Waals surface area contributed by atoms with Crippen LogP contribution in [-0.2, 0) is 13.6 Å². The molecule has 0 bridgehead atoms. The van der Waals surface area contributed by atoms with Crippen LogP contribution in [-0.4, -0.2) is 66.3 Å². The van der Waals surface area contributed by atoms with Crippen LogP contribution in [0.5, 0.6) is 0 Å². The number of carbonyl (C=O) groups is 1. The molecule has 4 heterocycles. The summed E-state index contributed by atoms with van der Waals surface area (Å²) in [5, 5.41) is 7.73. The first-order chi connectivity index (χ1) is 11.7. The molecule has 1 aliphatic rings. The molecule has 0 aliphatic carbocycles. The van der Waals surface area contributed by atoms with E-state index in [1.54, 1.807) is 17.9 Å². The van der Waals surface area contributed by atoms with Gasteiger partial charge in [0.05, 0.1) is 18.1 Å². The number of amides is 1. The van der Waals surface area contributed by atoms with Gasteiger partial charge in [-0.2, -0.15) is 0 Å². The van der Waals surface area contributed by atoms with Gasteiger partial charge in [-0.25, -0.2) is 4.98 Å². The molecule has 24 heavy (non-hydrogen) atoms. The average molecular weight is 325 g/mol. The SMILES string of the molecule is Cn1cc(C(=O)N2CCN(Cc3cnc4ccccn34)CC2)nn1. The fourth-order valence-electron chi connectivity index (χ4n) is 3.05. The highest BCUT2D eigenvalue weighted by Gasteiger charge is 2.24. The number of nitrogens with zero attached hydrogens (tertiary/aromatic N) is 7. The fraction of sp³-hybridized carbons (Fsp3) is 0.375. The summed E-state index contributed by atoms with van der Waals surface area (Å²) in [5.41, 5.74) is 2.54. The zero-order valence-corrected chi connectivity index (χ0v) is 13.5. The van der Waals surface area contributed by atoms with Crippen molar-refractivity contribution in [2.45, 2.75) is 6.54 Å². The summed E-state index contributed by atoms with van der Waals surface area (Å²) in [7, 11) is 1.76. The Labute approximate surface area is 139 Å². The zero-order valence-electron chi connectivity index (χ0n) is 13.5. The molecule has 8 heteroatoms. The van der Waals surface area contributed by atoms with Gasteiger partial charge in [0.25, 0.3) is 5.91 Å². The van der Waals surface area contributed by atoms with Gasteiger partial charge >= 0.3 is 0 Å². The maximum absolute atomic E-state index is 12.4. The Kier molecular flexibility index (Phi) is 3.73. The van der Waals surface area contributed by atoms with Crippen molar-refractivity contribution in [1.29, 1.82) is 0 Å². The third kappa shape index (κ3) is 2.76. The summed E-state index contributed by atoms with van der Waals surface area (Å²) < 4.78 is 3.66. The number of aryl methyl sites for hydroxylation is 1. The van der Waals surface area contributed by atoms with Gasteiger partial charge in [0, 0.05) is 46.0 Å². The lowest BCUT2D eigenvalue weighted by molar-refractivity contribution is 0.0621.